The fourth-order valence-electron chi connectivity index (χ4n) is 4.97. The molecular weight excluding hydrogens is 420 g/mol. The van der Waals surface area contributed by atoms with Gasteiger partial charge in [-0.2, -0.15) is 0 Å². The number of unbranched alkanes of at least 4 members (excludes halogenated alkanes) is 3. The lowest BCUT2D eigenvalue weighted by atomic mass is 10.1. The van der Waals surface area contributed by atoms with E-state index in [4.69, 9.17) is 4.74 Å². The van der Waals surface area contributed by atoms with Crippen molar-refractivity contribution in [1.82, 2.24) is 0 Å². The highest BCUT2D eigenvalue weighted by molar-refractivity contribution is 8.34. The third-order valence-electron chi connectivity index (χ3n) is 6.86. The summed E-state index contributed by atoms with van der Waals surface area (Å²) in [7, 11) is -0.971. The third-order valence-corrected chi connectivity index (χ3v) is 11.5. The molecule has 0 amide bonds. The van der Waals surface area contributed by atoms with Gasteiger partial charge in [0, 0.05) is 17.1 Å². The average Bonchev–Trinajstić information content (AvgIpc) is 3.12. The first-order chi connectivity index (χ1) is 15.8. The summed E-state index contributed by atoms with van der Waals surface area (Å²) < 4.78 is 5.92. The van der Waals surface area contributed by atoms with Crippen molar-refractivity contribution < 1.29 is 4.74 Å². The first kappa shape index (κ1) is 25.8. The summed E-state index contributed by atoms with van der Waals surface area (Å²) in [6.45, 7) is 11.8. The zero-order valence-electron chi connectivity index (χ0n) is 21.6. The molecule has 2 aromatic rings. The molecular formula is C31H44OS. The molecule has 1 aliphatic carbocycles. The largest absolute Gasteiger partial charge is 0.376 e. The van der Waals surface area contributed by atoms with Gasteiger partial charge < -0.3 is 4.74 Å². The summed E-state index contributed by atoms with van der Waals surface area (Å²) in [4.78, 5) is 0. The molecule has 0 fully saturated rings. The number of rotatable bonds is 11. The van der Waals surface area contributed by atoms with E-state index in [0.717, 1.165) is 13.0 Å². The quantitative estimate of drug-likeness (QED) is 0.238. The number of allylic oxidation sites excluding steroid dienone is 3. The van der Waals surface area contributed by atoms with Crippen molar-refractivity contribution in [3.05, 3.63) is 84.0 Å². The summed E-state index contributed by atoms with van der Waals surface area (Å²) in [5.74, 6) is 1.31. The summed E-state index contributed by atoms with van der Waals surface area (Å²) >= 11 is 0. The molecule has 1 nitrogen and oxygen atoms in total. The molecule has 1 aliphatic rings. The van der Waals surface area contributed by atoms with Gasteiger partial charge in [0.15, 0.2) is 0 Å². The van der Waals surface area contributed by atoms with Crippen LogP contribution in [0.25, 0.3) is 11.1 Å². The van der Waals surface area contributed by atoms with E-state index in [9.17, 15) is 0 Å². The van der Waals surface area contributed by atoms with Gasteiger partial charge in [-0.25, -0.2) is 10.0 Å². The Morgan fingerprint density at radius 2 is 1.45 bits per heavy atom. The molecule has 0 saturated carbocycles. The lowest BCUT2D eigenvalue weighted by Crippen LogP contribution is -2.22. The van der Waals surface area contributed by atoms with Crippen LogP contribution in [0.3, 0.4) is 0 Å². The van der Waals surface area contributed by atoms with E-state index in [1.165, 1.54) is 36.1 Å². The van der Waals surface area contributed by atoms with Gasteiger partial charge in [-0.3, -0.25) is 0 Å². The first-order valence-corrected chi connectivity index (χ1v) is 15.0. The van der Waals surface area contributed by atoms with Crippen LogP contribution in [0.1, 0.15) is 76.7 Å². The molecule has 0 bridgehead atoms. The van der Waals surface area contributed by atoms with Crippen molar-refractivity contribution in [1.29, 1.82) is 0 Å². The fourth-order valence-corrected chi connectivity index (χ4v) is 8.85. The molecule has 2 unspecified atom stereocenters. The monoisotopic (exact) mass is 464 g/mol. The minimum absolute atomic E-state index is 0.0271. The number of hydrogen-bond donors (Lipinski definition) is 0. The van der Waals surface area contributed by atoms with E-state index >= 15 is 0 Å². The number of benzene rings is 2. The molecule has 180 valence electrons. The summed E-state index contributed by atoms with van der Waals surface area (Å²) in [5, 5.41) is 1.07. The Morgan fingerprint density at radius 3 is 2.03 bits per heavy atom. The molecule has 0 spiro atoms. The molecule has 2 aromatic carbocycles. The van der Waals surface area contributed by atoms with Crippen LogP contribution in [0.5, 0.6) is 0 Å². The third kappa shape index (κ3) is 6.43. The van der Waals surface area contributed by atoms with E-state index in [1.807, 2.05) is 0 Å². The second kappa shape index (κ2) is 11.6. The van der Waals surface area contributed by atoms with Gasteiger partial charge in [0.1, 0.15) is 0 Å². The Bertz CT molecular complexity index is 906. The highest BCUT2D eigenvalue weighted by Gasteiger charge is 2.40. The van der Waals surface area contributed by atoms with Gasteiger partial charge in [0.05, 0.1) is 5.60 Å². The SMILES string of the molecule is C/C=C\C=C/C(C)S(C)(CCCCCCOC(C)(C)C)C1c2ccccc2-c2ccccc21. The minimum atomic E-state index is -0.971. The van der Waals surface area contributed by atoms with Crippen molar-refractivity contribution in [3.8, 4) is 11.1 Å². The predicted octanol–water partition coefficient (Wildman–Crippen LogP) is 9.09. The highest BCUT2D eigenvalue weighted by atomic mass is 32.3. The van der Waals surface area contributed by atoms with E-state index in [0.29, 0.717) is 10.5 Å². The molecule has 0 saturated heterocycles. The average molecular weight is 465 g/mol. The van der Waals surface area contributed by atoms with Gasteiger partial charge in [0.2, 0.25) is 0 Å². The van der Waals surface area contributed by atoms with Gasteiger partial charge in [0.25, 0.3) is 0 Å². The second-order valence-corrected chi connectivity index (χ2v) is 14.6. The van der Waals surface area contributed by atoms with Gasteiger partial charge in [-0.15, -0.1) is 0 Å². The Labute approximate surface area is 204 Å². The lowest BCUT2D eigenvalue weighted by molar-refractivity contribution is -0.00470. The molecule has 0 heterocycles. The van der Waals surface area contributed by atoms with Crippen molar-refractivity contribution >= 4 is 10.0 Å². The zero-order valence-corrected chi connectivity index (χ0v) is 22.5. The molecule has 0 aliphatic heterocycles. The number of ether oxygens (including phenoxy) is 1. The van der Waals surface area contributed by atoms with E-state index in [1.54, 1.807) is 11.1 Å². The highest BCUT2D eigenvalue weighted by Crippen LogP contribution is 2.68. The Hall–Kier alpha value is -1.77. The Kier molecular flexibility index (Phi) is 9.07. The smallest absolute Gasteiger partial charge is 0.0598 e. The van der Waals surface area contributed by atoms with Crippen LogP contribution < -0.4 is 0 Å². The van der Waals surface area contributed by atoms with Crippen LogP contribution in [-0.2, 0) is 4.74 Å². The van der Waals surface area contributed by atoms with Gasteiger partial charge in [-0.05, 0) is 74.8 Å². The first-order valence-electron chi connectivity index (χ1n) is 12.6. The maximum atomic E-state index is 5.92. The minimum Gasteiger partial charge on any atom is -0.376 e. The molecule has 2 heteroatoms. The van der Waals surface area contributed by atoms with E-state index < -0.39 is 10.0 Å². The maximum Gasteiger partial charge on any atom is 0.0598 e. The summed E-state index contributed by atoms with van der Waals surface area (Å²) in [6.07, 6.45) is 16.6. The van der Waals surface area contributed by atoms with E-state index in [-0.39, 0.29) is 5.60 Å². The van der Waals surface area contributed by atoms with Crippen LogP contribution in [0, 0.1) is 0 Å². The van der Waals surface area contributed by atoms with Crippen molar-refractivity contribution in [2.24, 2.45) is 0 Å². The van der Waals surface area contributed by atoms with Gasteiger partial charge in [-0.1, -0.05) is 92.6 Å². The number of fused-ring (bicyclic) bond motifs is 3. The van der Waals surface area contributed by atoms with Crippen molar-refractivity contribution in [3.63, 3.8) is 0 Å². The zero-order chi connectivity index (χ0) is 23.9. The topological polar surface area (TPSA) is 9.23 Å². The predicted molar refractivity (Wildman–Crippen MR) is 150 cm³/mol. The maximum absolute atomic E-state index is 5.92. The van der Waals surface area contributed by atoms with Crippen molar-refractivity contribution in [2.75, 3.05) is 18.6 Å². The molecule has 0 N–H and O–H groups in total. The Balaban J connectivity index is 1.80. The normalized spacial score (nSPS) is 17.8. The van der Waals surface area contributed by atoms with E-state index in [2.05, 4.69) is 114 Å². The molecule has 2 atom stereocenters. The molecule has 0 radical (unpaired) electrons. The van der Waals surface area contributed by atoms with Crippen LogP contribution in [0.2, 0.25) is 0 Å². The molecule has 0 aromatic heterocycles. The fraction of sp³-hybridized carbons (Fsp3) is 0.484. The summed E-state index contributed by atoms with van der Waals surface area (Å²) in [5.41, 5.74) is 5.95. The van der Waals surface area contributed by atoms with Crippen LogP contribution in [0.4, 0.5) is 0 Å². The van der Waals surface area contributed by atoms with Crippen LogP contribution in [0.15, 0.2) is 72.8 Å². The van der Waals surface area contributed by atoms with Gasteiger partial charge >= 0.3 is 0 Å². The lowest BCUT2D eigenvalue weighted by Gasteiger charge is -2.47. The standard InChI is InChI=1S/C31H44OS/c1-7-8-11-18-25(2)33(6,24-17-10-9-16-23-32-31(3,4)5)30-28-21-14-12-19-26(28)27-20-13-15-22-29(27)30/h7-8,11-15,18-22,25,30H,9-10,16-17,23-24H2,1-6H3/b8-7-,18-11-. The molecule has 33 heavy (non-hydrogen) atoms. The number of hydrogen-bond acceptors (Lipinski definition) is 1. The Morgan fingerprint density at radius 1 is 0.879 bits per heavy atom. The molecule has 3 rings (SSSR count). The van der Waals surface area contributed by atoms with Crippen molar-refractivity contribution in [2.45, 2.75) is 76.4 Å². The second-order valence-electron chi connectivity index (χ2n) is 10.5. The van der Waals surface area contributed by atoms with Crippen LogP contribution in [-0.4, -0.2) is 29.5 Å². The van der Waals surface area contributed by atoms with Crippen LogP contribution >= 0.6 is 10.0 Å². The summed E-state index contributed by atoms with van der Waals surface area (Å²) in [6, 6.07) is 18.3.